The maximum Gasteiger partial charge on any atom is 0.272 e. The number of likely N-dealkylation sites (tertiary alicyclic amines) is 1. The monoisotopic (exact) mass is 422 g/mol. The number of carbonyl (C=O) groups excluding carboxylic acids is 1. The average molecular weight is 422 g/mol. The molecule has 0 radical (unpaired) electrons. The van der Waals surface area contributed by atoms with E-state index in [1.807, 2.05) is 49.3 Å². The minimum absolute atomic E-state index is 0.101. The number of rotatable bonds is 6. The molecule has 1 saturated heterocycles. The van der Waals surface area contributed by atoms with Crippen LogP contribution in [0.15, 0.2) is 42.5 Å². The summed E-state index contributed by atoms with van der Waals surface area (Å²) in [6.45, 7) is 1.16. The van der Waals surface area contributed by atoms with Crippen molar-refractivity contribution in [2.24, 2.45) is 0 Å². The lowest BCUT2D eigenvalue weighted by Gasteiger charge is -2.32. The van der Waals surface area contributed by atoms with E-state index in [-0.39, 0.29) is 12.0 Å². The zero-order chi connectivity index (χ0) is 21.8. The molecular formula is C22H26N6O3. The van der Waals surface area contributed by atoms with Crippen molar-refractivity contribution < 1.29 is 14.3 Å². The number of para-hydroxylation sites is 1. The minimum Gasteiger partial charge on any atom is -0.496 e. The highest BCUT2D eigenvalue weighted by Gasteiger charge is 2.27. The first-order valence-electron chi connectivity index (χ1n) is 10.2. The van der Waals surface area contributed by atoms with Crippen LogP contribution >= 0.6 is 0 Å². The van der Waals surface area contributed by atoms with E-state index in [1.165, 1.54) is 0 Å². The predicted molar refractivity (Wildman–Crippen MR) is 116 cm³/mol. The van der Waals surface area contributed by atoms with Crippen LogP contribution in [0.3, 0.4) is 0 Å². The highest BCUT2D eigenvalue weighted by molar-refractivity contribution is 5.93. The van der Waals surface area contributed by atoms with E-state index in [0.29, 0.717) is 36.1 Å². The highest BCUT2D eigenvalue weighted by atomic mass is 16.5. The number of hydrogen-bond donors (Lipinski definition) is 1. The Labute approximate surface area is 181 Å². The van der Waals surface area contributed by atoms with Gasteiger partial charge in [0.05, 0.1) is 19.3 Å². The fourth-order valence-corrected chi connectivity index (χ4v) is 3.60. The lowest BCUT2D eigenvalue weighted by Crippen LogP contribution is -2.44. The van der Waals surface area contributed by atoms with Gasteiger partial charge >= 0.3 is 0 Å². The number of nitrogens with zero attached hydrogens (tertiary/aromatic N) is 5. The summed E-state index contributed by atoms with van der Waals surface area (Å²) < 4.78 is 11.4. The first-order valence-corrected chi connectivity index (χ1v) is 10.2. The molecule has 1 atom stereocenters. The molecule has 1 unspecified atom stereocenters. The minimum atomic E-state index is -0.131. The molecule has 0 spiro atoms. The molecule has 2 aromatic heterocycles. The molecule has 0 bridgehead atoms. The Hall–Kier alpha value is -3.62. The Morgan fingerprint density at radius 1 is 1.19 bits per heavy atom. The summed E-state index contributed by atoms with van der Waals surface area (Å²) in [6.07, 6.45) is 1.58. The number of methoxy groups -OCH3 is 1. The third-order valence-corrected chi connectivity index (χ3v) is 5.23. The third kappa shape index (κ3) is 4.60. The number of anilines is 1. The molecule has 162 valence electrons. The molecule has 3 aromatic rings. The zero-order valence-corrected chi connectivity index (χ0v) is 17.9. The fraction of sp³-hybridized carbons (Fsp3) is 0.364. The molecule has 1 aliphatic rings. The smallest absolute Gasteiger partial charge is 0.272 e. The van der Waals surface area contributed by atoms with Gasteiger partial charge < -0.3 is 19.3 Å². The average Bonchev–Trinajstić information content (AvgIpc) is 3.29. The van der Waals surface area contributed by atoms with Crippen LogP contribution in [0, 0.1) is 0 Å². The number of ether oxygens (including phenoxy) is 2. The molecule has 9 nitrogen and oxygen atoms in total. The maximum absolute atomic E-state index is 13.1. The molecule has 0 saturated carbocycles. The summed E-state index contributed by atoms with van der Waals surface area (Å²) in [6, 6.07) is 13.0. The molecule has 1 aliphatic heterocycles. The predicted octanol–water partition coefficient (Wildman–Crippen LogP) is 2.62. The van der Waals surface area contributed by atoms with Gasteiger partial charge in [-0.1, -0.05) is 12.1 Å². The largest absolute Gasteiger partial charge is 0.496 e. The summed E-state index contributed by atoms with van der Waals surface area (Å²) in [7, 11) is 5.43. The highest BCUT2D eigenvalue weighted by Crippen LogP contribution is 2.29. The number of hydrogen-bond acceptors (Lipinski definition) is 7. The van der Waals surface area contributed by atoms with Crippen LogP contribution in [0.2, 0.25) is 0 Å². The van der Waals surface area contributed by atoms with E-state index < -0.39 is 0 Å². The van der Waals surface area contributed by atoms with Crippen LogP contribution in [0.1, 0.15) is 23.3 Å². The molecule has 1 amide bonds. The topological polar surface area (TPSA) is 96.5 Å². The van der Waals surface area contributed by atoms with E-state index in [0.717, 1.165) is 24.2 Å². The molecule has 31 heavy (non-hydrogen) atoms. The second kappa shape index (κ2) is 9.03. The number of piperidine rings is 1. The van der Waals surface area contributed by atoms with Crippen LogP contribution in [0.5, 0.6) is 11.6 Å². The van der Waals surface area contributed by atoms with E-state index in [9.17, 15) is 4.79 Å². The van der Waals surface area contributed by atoms with Gasteiger partial charge in [0.2, 0.25) is 5.88 Å². The number of benzene rings is 1. The lowest BCUT2D eigenvalue weighted by molar-refractivity contribution is 0.0520. The first-order chi connectivity index (χ1) is 15.0. The summed E-state index contributed by atoms with van der Waals surface area (Å²) in [4.78, 5) is 16.7. The van der Waals surface area contributed by atoms with Gasteiger partial charge in [0.1, 0.15) is 17.5 Å². The van der Waals surface area contributed by atoms with Gasteiger partial charge in [0, 0.05) is 32.3 Å². The molecule has 4 rings (SSSR count). The zero-order valence-electron chi connectivity index (χ0n) is 17.9. The number of aromatic nitrogens is 4. The van der Waals surface area contributed by atoms with E-state index >= 15 is 0 Å². The van der Waals surface area contributed by atoms with Gasteiger partial charge in [-0.3, -0.25) is 9.89 Å². The van der Waals surface area contributed by atoms with Crippen molar-refractivity contribution in [3.63, 3.8) is 0 Å². The lowest BCUT2D eigenvalue weighted by atomic mass is 10.1. The fourth-order valence-electron chi connectivity index (χ4n) is 3.60. The Morgan fingerprint density at radius 3 is 2.77 bits per heavy atom. The van der Waals surface area contributed by atoms with Gasteiger partial charge in [-0.15, -0.1) is 10.2 Å². The van der Waals surface area contributed by atoms with E-state index in [1.54, 1.807) is 24.1 Å². The second-order valence-corrected chi connectivity index (χ2v) is 7.62. The van der Waals surface area contributed by atoms with Gasteiger partial charge in [-0.2, -0.15) is 5.10 Å². The summed E-state index contributed by atoms with van der Waals surface area (Å²) in [5.41, 5.74) is 1.94. The summed E-state index contributed by atoms with van der Waals surface area (Å²) in [5, 5.41) is 15.5. The number of H-pyrrole nitrogens is 1. The van der Waals surface area contributed by atoms with Gasteiger partial charge in [0.25, 0.3) is 5.91 Å². The Kier molecular flexibility index (Phi) is 6.01. The van der Waals surface area contributed by atoms with E-state index in [2.05, 4.69) is 20.4 Å². The quantitative estimate of drug-likeness (QED) is 0.652. The molecule has 0 aliphatic carbocycles. The summed E-state index contributed by atoms with van der Waals surface area (Å²) in [5.74, 6) is 1.83. The Bertz CT molecular complexity index is 1030. The standard InChI is InChI=1S/C22H26N6O3/c1-27(2)20-10-11-21(26-25-20)31-15-7-6-12-28(14-15)22(29)18-13-17(23-24-18)16-8-4-5-9-19(16)30-3/h4-5,8-11,13,15H,6-7,12,14H2,1-3H3,(H,23,24). The molecular weight excluding hydrogens is 396 g/mol. The van der Waals surface area contributed by atoms with Gasteiger partial charge in [-0.25, -0.2) is 0 Å². The maximum atomic E-state index is 13.1. The van der Waals surface area contributed by atoms with Crippen molar-refractivity contribution in [2.75, 3.05) is 39.2 Å². The van der Waals surface area contributed by atoms with Crippen LogP contribution in [0.25, 0.3) is 11.3 Å². The Morgan fingerprint density at radius 2 is 2.03 bits per heavy atom. The number of amides is 1. The second-order valence-electron chi connectivity index (χ2n) is 7.62. The van der Waals surface area contributed by atoms with Crippen LogP contribution < -0.4 is 14.4 Å². The van der Waals surface area contributed by atoms with Crippen molar-refractivity contribution >= 4 is 11.7 Å². The summed E-state index contributed by atoms with van der Waals surface area (Å²) >= 11 is 0. The van der Waals surface area contributed by atoms with Crippen molar-refractivity contribution in [1.82, 2.24) is 25.3 Å². The molecule has 3 heterocycles. The molecule has 1 aromatic carbocycles. The normalized spacial score (nSPS) is 16.1. The van der Waals surface area contributed by atoms with Crippen molar-refractivity contribution in [3.8, 4) is 22.9 Å². The van der Waals surface area contributed by atoms with Crippen molar-refractivity contribution in [3.05, 3.63) is 48.2 Å². The SMILES string of the molecule is COc1ccccc1-c1cc(C(=O)N2CCCC(Oc3ccc(N(C)C)nn3)C2)[nH]n1. The Balaban J connectivity index is 1.42. The van der Waals surface area contributed by atoms with Gasteiger partial charge in [-0.05, 0) is 37.1 Å². The van der Waals surface area contributed by atoms with E-state index in [4.69, 9.17) is 9.47 Å². The van der Waals surface area contributed by atoms with Gasteiger partial charge in [0.15, 0.2) is 5.82 Å². The molecule has 9 heteroatoms. The first kappa shape index (κ1) is 20.6. The van der Waals surface area contributed by atoms with Crippen LogP contribution in [-0.2, 0) is 0 Å². The number of aromatic amines is 1. The number of carbonyl (C=O) groups is 1. The molecule has 1 N–H and O–H groups in total. The van der Waals surface area contributed by atoms with Crippen molar-refractivity contribution in [2.45, 2.75) is 18.9 Å². The van der Waals surface area contributed by atoms with Crippen molar-refractivity contribution in [1.29, 1.82) is 0 Å². The number of nitrogens with one attached hydrogen (secondary N) is 1. The molecule has 1 fully saturated rings. The third-order valence-electron chi connectivity index (χ3n) is 5.23. The van der Waals surface area contributed by atoms with Crippen LogP contribution in [-0.4, -0.2) is 71.6 Å². The van der Waals surface area contributed by atoms with Crippen LogP contribution in [0.4, 0.5) is 5.82 Å².